The summed E-state index contributed by atoms with van der Waals surface area (Å²) < 4.78 is 5.17. The number of carbonyl (C=O) groups excluding carboxylic acids is 1. The molecule has 1 heterocycles. The van der Waals surface area contributed by atoms with Crippen molar-refractivity contribution in [3.8, 4) is 0 Å². The highest BCUT2D eigenvalue weighted by atomic mass is 79.9. The smallest absolute Gasteiger partial charge is 0.325 e. The highest BCUT2D eigenvalue weighted by Gasteiger charge is 2.08. The summed E-state index contributed by atoms with van der Waals surface area (Å²) in [6.45, 7) is 0.0647. The summed E-state index contributed by atoms with van der Waals surface area (Å²) in [5.41, 5.74) is 0. The Kier molecular flexibility index (Phi) is 4.29. The van der Waals surface area contributed by atoms with Crippen molar-refractivity contribution in [2.75, 3.05) is 31.3 Å². The predicted molar refractivity (Wildman–Crippen MR) is 59.8 cm³/mol. The molecule has 2 N–H and O–H groups in total. The Bertz CT molecular complexity index is 358. The quantitative estimate of drug-likeness (QED) is 0.794. The fourth-order valence-corrected chi connectivity index (χ4v) is 1.44. The number of hydrogen-bond acceptors (Lipinski definition) is 6. The molecular weight excluding hydrogens is 264 g/mol. The number of ether oxygens (including phenoxy) is 1. The second kappa shape index (κ2) is 5.50. The van der Waals surface area contributed by atoms with Crippen molar-refractivity contribution in [2.24, 2.45) is 0 Å². The van der Waals surface area contributed by atoms with Crippen LogP contribution in [0.5, 0.6) is 0 Å². The van der Waals surface area contributed by atoms with Crippen molar-refractivity contribution in [2.45, 2.75) is 0 Å². The van der Waals surface area contributed by atoms with Crippen molar-refractivity contribution in [3.05, 3.63) is 10.8 Å². The molecule has 1 aromatic rings. The monoisotopic (exact) mass is 274 g/mol. The molecule has 1 rings (SSSR count). The molecule has 0 saturated carbocycles. The Labute approximate surface area is 95.6 Å². The van der Waals surface area contributed by atoms with Crippen molar-refractivity contribution >= 4 is 33.5 Å². The molecule has 0 aliphatic carbocycles. The van der Waals surface area contributed by atoms with Crippen LogP contribution in [0.4, 0.5) is 11.6 Å². The second-order valence-corrected chi connectivity index (χ2v) is 3.36. The van der Waals surface area contributed by atoms with Gasteiger partial charge in [0.05, 0.1) is 7.11 Å². The number of nitrogens with one attached hydrogen (secondary N) is 2. The summed E-state index contributed by atoms with van der Waals surface area (Å²) in [6.07, 6.45) is 1.40. The minimum Gasteiger partial charge on any atom is -0.468 e. The zero-order valence-corrected chi connectivity index (χ0v) is 9.96. The molecule has 7 heteroatoms. The van der Waals surface area contributed by atoms with Crippen molar-refractivity contribution in [1.82, 2.24) is 9.97 Å². The van der Waals surface area contributed by atoms with Gasteiger partial charge in [0.1, 0.15) is 29.0 Å². The number of rotatable bonds is 4. The van der Waals surface area contributed by atoms with Gasteiger partial charge in [-0.3, -0.25) is 4.79 Å². The van der Waals surface area contributed by atoms with Crippen LogP contribution in [0.3, 0.4) is 0 Å². The van der Waals surface area contributed by atoms with Crippen LogP contribution in [-0.4, -0.2) is 36.6 Å². The molecular formula is C8H11BrN4O2. The van der Waals surface area contributed by atoms with Gasteiger partial charge in [0.25, 0.3) is 0 Å². The Morgan fingerprint density at radius 1 is 1.53 bits per heavy atom. The molecule has 0 atom stereocenters. The first kappa shape index (κ1) is 11.7. The summed E-state index contributed by atoms with van der Waals surface area (Å²) in [4.78, 5) is 18.8. The van der Waals surface area contributed by atoms with Crippen molar-refractivity contribution in [1.29, 1.82) is 0 Å². The van der Waals surface area contributed by atoms with Gasteiger partial charge in [-0.05, 0) is 15.9 Å². The van der Waals surface area contributed by atoms with Gasteiger partial charge in [0.15, 0.2) is 0 Å². The van der Waals surface area contributed by atoms with Gasteiger partial charge in [-0.1, -0.05) is 0 Å². The lowest BCUT2D eigenvalue weighted by molar-refractivity contribution is -0.138. The SMILES string of the molecule is CNc1ncnc(NCC(=O)OC)c1Br. The first-order chi connectivity index (χ1) is 7.19. The lowest BCUT2D eigenvalue weighted by atomic mass is 10.5. The van der Waals surface area contributed by atoms with Crippen LogP contribution in [0.1, 0.15) is 0 Å². The Hall–Kier alpha value is -1.37. The molecule has 6 nitrogen and oxygen atoms in total. The van der Waals surface area contributed by atoms with Gasteiger partial charge < -0.3 is 15.4 Å². The molecule has 15 heavy (non-hydrogen) atoms. The first-order valence-corrected chi connectivity index (χ1v) is 4.97. The number of aromatic nitrogens is 2. The molecule has 1 aromatic heterocycles. The number of anilines is 2. The summed E-state index contributed by atoms with van der Waals surface area (Å²) in [7, 11) is 3.08. The molecule has 0 aliphatic heterocycles. The number of carbonyl (C=O) groups is 1. The fourth-order valence-electron chi connectivity index (χ4n) is 0.895. The number of methoxy groups -OCH3 is 1. The van der Waals surface area contributed by atoms with Gasteiger partial charge in [-0.15, -0.1) is 0 Å². The standard InChI is InChI=1S/C8H11BrN4O2/c1-10-7-6(9)8(13-4-12-7)11-3-5(14)15-2/h4H,3H2,1-2H3,(H2,10,11,12,13). The first-order valence-electron chi connectivity index (χ1n) is 4.18. The van der Waals surface area contributed by atoms with Crippen molar-refractivity contribution in [3.63, 3.8) is 0 Å². The average molecular weight is 275 g/mol. The van der Waals surface area contributed by atoms with E-state index in [-0.39, 0.29) is 12.5 Å². The van der Waals surface area contributed by atoms with Crippen molar-refractivity contribution < 1.29 is 9.53 Å². The van der Waals surface area contributed by atoms with E-state index in [9.17, 15) is 4.79 Å². The molecule has 0 aromatic carbocycles. The zero-order valence-electron chi connectivity index (χ0n) is 8.37. The third-order valence-corrected chi connectivity index (χ3v) is 2.41. The zero-order chi connectivity index (χ0) is 11.3. The fraction of sp³-hybridized carbons (Fsp3) is 0.375. The summed E-state index contributed by atoms with van der Waals surface area (Å²) >= 11 is 3.31. The van der Waals surface area contributed by atoms with E-state index in [2.05, 4.69) is 41.3 Å². The normalized spacial score (nSPS) is 9.53. The Morgan fingerprint density at radius 2 is 2.20 bits per heavy atom. The summed E-state index contributed by atoms with van der Waals surface area (Å²) in [6, 6.07) is 0. The predicted octanol–water partition coefficient (Wildman–Crippen LogP) is 0.866. The topological polar surface area (TPSA) is 76.1 Å². The van der Waals surface area contributed by atoms with E-state index in [1.165, 1.54) is 13.4 Å². The third kappa shape index (κ3) is 3.05. The maximum absolute atomic E-state index is 10.9. The molecule has 0 radical (unpaired) electrons. The highest BCUT2D eigenvalue weighted by Crippen LogP contribution is 2.25. The Morgan fingerprint density at radius 3 is 2.80 bits per heavy atom. The minimum atomic E-state index is -0.355. The molecule has 0 unspecified atom stereocenters. The minimum absolute atomic E-state index is 0.0647. The lowest BCUT2D eigenvalue weighted by Gasteiger charge is -2.08. The highest BCUT2D eigenvalue weighted by molar-refractivity contribution is 9.10. The summed E-state index contributed by atoms with van der Waals surface area (Å²) in [5, 5.41) is 5.71. The van der Waals surface area contributed by atoms with Crippen LogP contribution >= 0.6 is 15.9 Å². The number of esters is 1. The van der Waals surface area contributed by atoms with Crippen LogP contribution < -0.4 is 10.6 Å². The molecule has 0 amide bonds. The maximum Gasteiger partial charge on any atom is 0.325 e. The molecule has 0 aliphatic rings. The molecule has 0 bridgehead atoms. The van der Waals surface area contributed by atoms with Crippen LogP contribution in [0.2, 0.25) is 0 Å². The van der Waals surface area contributed by atoms with Crippen LogP contribution in [0.15, 0.2) is 10.8 Å². The van der Waals surface area contributed by atoms with Gasteiger partial charge in [0, 0.05) is 7.05 Å². The Balaban J connectivity index is 2.73. The van der Waals surface area contributed by atoms with E-state index < -0.39 is 0 Å². The van der Waals surface area contributed by atoms with E-state index in [0.717, 1.165) is 0 Å². The van der Waals surface area contributed by atoms with E-state index in [4.69, 9.17) is 0 Å². The maximum atomic E-state index is 10.9. The van der Waals surface area contributed by atoms with Gasteiger partial charge in [-0.2, -0.15) is 0 Å². The van der Waals surface area contributed by atoms with E-state index in [1.807, 2.05) is 0 Å². The lowest BCUT2D eigenvalue weighted by Crippen LogP contribution is -2.16. The molecule has 82 valence electrons. The number of nitrogens with zero attached hydrogens (tertiary/aromatic N) is 2. The van der Waals surface area contributed by atoms with Gasteiger partial charge in [0.2, 0.25) is 0 Å². The molecule has 0 spiro atoms. The van der Waals surface area contributed by atoms with Gasteiger partial charge >= 0.3 is 5.97 Å². The van der Waals surface area contributed by atoms with Crippen LogP contribution in [0.25, 0.3) is 0 Å². The van der Waals surface area contributed by atoms with Gasteiger partial charge in [-0.25, -0.2) is 9.97 Å². The second-order valence-electron chi connectivity index (χ2n) is 2.56. The number of hydrogen-bond donors (Lipinski definition) is 2. The van der Waals surface area contributed by atoms with Crippen LogP contribution in [-0.2, 0) is 9.53 Å². The van der Waals surface area contributed by atoms with E-state index in [1.54, 1.807) is 7.05 Å². The summed E-state index contributed by atoms with van der Waals surface area (Å²) in [5.74, 6) is 0.837. The van der Waals surface area contributed by atoms with E-state index >= 15 is 0 Å². The average Bonchev–Trinajstić information content (AvgIpc) is 2.27. The molecule has 0 fully saturated rings. The van der Waals surface area contributed by atoms with E-state index in [0.29, 0.717) is 16.1 Å². The third-order valence-electron chi connectivity index (χ3n) is 1.65. The van der Waals surface area contributed by atoms with Crippen LogP contribution in [0, 0.1) is 0 Å². The number of halogens is 1. The largest absolute Gasteiger partial charge is 0.468 e. The molecule has 0 saturated heterocycles.